The minimum atomic E-state index is -0.0486. The first kappa shape index (κ1) is 16.5. The molecule has 0 unspecified atom stereocenters. The molecule has 0 radical (unpaired) electrons. The Morgan fingerprint density at radius 3 is 2.41 bits per heavy atom. The summed E-state index contributed by atoms with van der Waals surface area (Å²) in [6.45, 7) is 7.55. The number of rotatable bonds is 4. The maximum atomic E-state index is 12.0. The van der Waals surface area contributed by atoms with E-state index in [4.69, 9.17) is 0 Å². The summed E-state index contributed by atoms with van der Waals surface area (Å²) >= 11 is 0. The summed E-state index contributed by atoms with van der Waals surface area (Å²) in [6.07, 6.45) is 3.06. The number of nitrogens with one attached hydrogen (secondary N) is 2. The topological polar surface area (TPSA) is 58.2 Å². The number of anilines is 1. The highest BCUT2D eigenvalue weighted by Crippen LogP contribution is 2.32. The van der Waals surface area contributed by atoms with Crippen LogP contribution in [-0.4, -0.2) is 11.8 Å². The van der Waals surface area contributed by atoms with E-state index < -0.39 is 0 Å². The third-order valence-corrected chi connectivity index (χ3v) is 4.09. The van der Waals surface area contributed by atoms with Crippen molar-refractivity contribution < 1.29 is 9.59 Å². The first-order valence-corrected chi connectivity index (χ1v) is 8.12. The average Bonchev–Trinajstić information content (AvgIpc) is 2.47. The molecule has 4 nitrogen and oxygen atoms in total. The molecule has 0 fully saturated rings. The zero-order chi connectivity index (χ0) is 16.3. The second-order valence-electron chi connectivity index (χ2n) is 6.67. The molecule has 2 N–H and O–H groups in total. The van der Waals surface area contributed by atoms with Gasteiger partial charge >= 0.3 is 0 Å². The molecule has 0 saturated carbocycles. The smallest absolute Gasteiger partial charge is 0.226 e. The van der Waals surface area contributed by atoms with Crippen molar-refractivity contribution in [2.24, 2.45) is 11.8 Å². The normalized spacial score (nSPS) is 17.3. The van der Waals surface area contributed by atoms with Gasteiger partial charge in [-0.25, -0.2) is 0 Å². The van der Waals surface area contributed by atoms with E-state index in [9.17, 15) is 9.59 Å². The van der Waals surface area contributed by atoms with Crippen molar-refractivity contribution in [2.75, 3.05) is 5.32 Å². The van der Waals surface area contributed by atoms with Gasteiger partial charge in [0.15, 0.2) is 0 Å². The van der Waals surface area contributed by atoms with Gasteiger partial charge in [0.25, 0.3) is 0 Å². The Labute approximate surface area is 132 Å². The van der Waals surface area contributed by atoms with Crippen LogP contribution in [0.5, 0.6) is 0 Å². The van der Waals surface area contributed by atoms with E-state index in [0.29, 0.717) is 0 Å². The molecular formula is C18H26N2O2. The second-order valence-corrected chi connectivity index (χ2v) is 6.67. The van der Waals surface area contributed by atoms with E-state index in [1.54, 1.807) is 0 Å². The van der Waals surface area contributed by atoms with Crippen LogP contribution in [0.4, 0.5) is 5.69 Å². The average molecular weight is 302 g/mol. The summed E-state index contributed by atoms with van der Waals surface area (Å²) in [4.78, 5) is 23.8. The maximum Gasteiger partial charge on any atom is 0.226 e. The van der Waals surface area contributed by atoms with Crippen molar-refractivity contribution in [3.8, 4) is 0 Å². The number of hydrogen-bond donors (Lipinski definition) is 2. The predicted molar refractivity (Wildman–Crippen MR) is 88.6 cm³/mol. The third kappa shape index (κ3) is 3.87. The number of carbonyl (C=O) groups is 2. The predicted octanol–water partition coefficient (Wildman–Crippen LogP) is 3.43. The van der Waals surface area contributed by atoms with Crippen molar-refractivity contribution in [1.82, 2.24) is 5.32 Å². The zero-order valence-corrected chi connectivity index (χ0v) is 13.9. The fourth-order valence-electron chi connectivity index (χ4n) is 2.65. The van der Waals surface area contributed by atoms with Crippen LogP contribution in [0.15, 0.2) is 18.2 Å². The Morgan fingerprint density at radius 1 is 1.09 bits per heavy atom. The number of fused-ring (bicyclic) bond motifs is 1. The number of carbonyl (C=O) groups excluding carboxylic acids is 2. The molecule has 0 spiro atoms. The van der Waals surface area contributed by atoms with Crippen molar-refractivity contribution in [2.45, 2.75) is 53.0 Å². The van der Waals surface area contributed by atoms with Gasteiger partial charge in [-0.2, -0.15) is 0 Å². The SMILES string of the molecule is CC(C)C(=O)Nc1ccc2c(c1)[C@@H](NC(=O)C(C)C)CCC2. The van der Waals surface area contributed by atoms with Crippen LogP contribution in [0.1, 0.15) is 57.7 Å². The maximum absolute atomic E-state index is 12.0. The molecule has 1 aliphatic rings. The lowest BCUT2D eigenvalue weighted by Crippen LogP contribution is -2.33. The fraction of sp³-hybridized carbons (Fsp3) is 0.556. The van der Waals surface area contributed by atoms with Crippen LogP contribution in [0, 0.1) is 11.8 Å². The molecule has 1 aromatic rings. The summed E-state index contributed by atoms with van der Waals surface area (Å²) in [5, 5.41) is 6.06. The quantitative estimate of drug-likeness (QED) is 0.895. The molecule has 2 rings (SSSR count). The first-order chi connectivity index (χ1) is 10.4. The van der Waals surface area contributed by atoms with E-state index >= 15 is 0 Å². The Hall–Kier alpha value is -1.84. The molecule has 0 bridgehead atoms. The Morgan fingerprint density at radius 2 is 1.77 bits per heavy atom. The highest BCUT2D eigenvalue weighted by Gasteiger charge is 2.23. The molecule has 4 heteroatoms. The molecule has 1 aromatic carbocycles. The van der Waals surface area contributed by atoms with Gasteiger partial charge in [-0.3, -0.25) is 9.59 Å². The van der Waals surface area contributed by atoms with E-state index in [1.807, 2.05) is 39.8 Å². The van der Waals surface area contributed by atoms with Gasteiger partial charge in [-0.05, 0) is 42.5 Å². The number of hydrogen-bond acceptors (Lipinski definition) is 2. The minimum absolute atomic E-state index is 0.0125. The van der Waals surface area contributed by atoms with Gasteiger partial charge in [0.2, 0.25) is 11.8 Å². The van der Waals surface area contributed by atoms with E-state index in [2.05, 4.69) is 16.7 Å². The Kier molecular flexibility index (Phi) is 5.22. The lowest BCUT2D eigenvalue weighted by molar-refractivity contribution is -0.125. The standard InChI is InChI=1S/C18H26N2O2/c1-11(2)17(21)19-14-9-8-13-6-5-7-16(15(13)10-14)20-18(22)12(3)4/h8-12,16H,5-7H2,1-4H3,(H,19,21)(H,20,22)/t16-/m0/s1. The van der Waals surface area contributed by atoms with E-state index in [0.717, 1.165) is 30.5 Å². The van der Waals surface area contributed by atoms with Crippen LogP contribution in [0.2, 0.25) is 0 Å². The summed E-state index contributed by atoms with van der Waals surface area (Å²) < 4.78 is 0. The van der Waals surface area contributed by atoms with Crippen molar-refractivity contribution >= 4 is 17.5 Å². The highest BCUT2D eigenvalue weighted by atomic mass is 16.2. The molecule has 1 aliphatic carbocycles. The first-order valence-electron chi connectivity index (χ1n) is 8.12. The van der Waals surface area contributed by atoms with Crippen LogP contribution in [-0.2, 0) is 16.0 Å². The van der Waals surface area contributed by atoms with Crippen LogP contribution < -0.4 is 10.6 Å². The van der Waals surface area contributed by atoms with Gasteiger partial charge in [0, 0.05) is 17.5 Å². The van der Waals surface area contributed by atoms with Crippen LogP contribution in [0.3, 0.4) is 0 Å². The molecule has 0 heterocycles. The third-order valence-electron chi connectivity index (χ3n) is 4.09. The van der Waals surface area contributed by atoms with E-state index in [1.165, 1.54) is 5.56 Å². The second kappa shape index (κ2) is 6.95. The number of aryl methyl sites for hydroxylation is 1. The summed E-state index contributed by atoms with van der Waals surface area (Å²) in [7, 11) is 0. The lowest BCUT2D eigenvalue weighted by Gasteiger charge is -2.28. The summed E-state index contributed by atoms with van der Waals surface area (Å²) in [6, 6.07) is 6.08. The molecule has 0 aromatic heterocycles. The molecular weight excluding hydrogens is 276 g/mol. The van der Waals surface area contributed by atoms with Gasteiger partial charge < -0.3 is 10.6 Å². The van der Waals surface area contributed by atoms with Crippen molar-refractivity contribution in [3.63, 3.8) is 0 Å². The molecule has 22 heavy (non-hydrogen) atoms. The molecule has 0 aliphatic heterocycles. The molecule has 120 valence electrons. The monoisotopic (exact) mass is 302 g/mol. The van der Waals surface area contributed by atoms with Gasteiger partial charge in [-0.15, -0.1) is 0 Å². The summed E-state index contributed by atoms with van der Waals surface area (Å²) in [5.74, 6) is 0.0228. The fourth-order valence-corrected chi connectivity index (χ4v) is 2.65. The largest absolute Gasteiger partial charge is 0.349 e. The number of benzene rings is 1. The molecule has 2 amide bonds. The van der Waals surface area contributed by atoms with Crippen LogP contribution in [0.25, 0.3) is 0 Å². The van der Waals surface area contributed by atoms with E-state index in [-0.39, 0.29) is 29.7 Å². The highest BCUT2D eigenvalue weighted by molar-refractivity contribution is 5.92. The van der Waals surface area contributed by atoms with Gasteiger partial charge in [-0.1, -0.05) is 33.8 Å². The molecule has 0 saturated heterocycles. The minimum Gasteiger partial charge on any atom is -0.349 e. The Balaban J connectivity index is 2.20. The van der Waals surface area contributed by atoms with Crippen molar-refractivity contribution in [3.05, 3.63) is 29.3 Å². The lowest BCUT2D eigenvalue weighted by atomic mass is 9.87. The Bertz CT molecular complexity index is 564. The summed E-state index contributed by atoms with van der Waals surface area (Å²) in [5.41, 5.74) is 3.22. The van der Waals surface area contributed by atoms with Crippen LogP contribution >= 0.6 is 0 Å². The zero-order valence-electron chi connectivity index (χ0n) is 13.9. The number of amides is 2. The van der Waals surface area contributed by atoms with Gasteiger partial charge in [0.1, 0.15) is 0 Å². The molecule has 1 atom stereocenters. The van der Waals surface area contributed by atoms with Crippen molar-refractivity contribution in [1.29, 1.82) is 0 Å². The van der Waals surface area contributed by atoms with Gasteiger partial charge in [0.05, 0.1) is 6.04 Å².